The zero-order valence-electron chi connectivity index (χ0n) is 9.30. The third-order valence-corrected chi connectivity index (χ3v) is 2.20. The summed E-state index contributed by atoms with van der Waals surface area (Å²) in [4.78, 5) is 15.1. The van der Waals surface area contributed by atoms with Crippen molar-refractivity contribution in [3.63, 3.8) is 0 Å². The Morgan fingerprint density at radius 2 is 2.24 bits per heavy atom. The summed E-state index contributed by atoms with van der Waals surface area (Å²) in [7, 11) is 1.49. The number of ether oxygens (including phenoxy) is 1. The lowest BCUT2D eigenvalue weighted by Crippen LogP contribution is -1.97. The van der Waals surface area contributed by atoms with Gasteiger partial charge in [0.15, 0.2) is 5.76 Å². The van der Waals surface area contributed by atoms with Crippen LogP contribution in [0.15, 0.2) is 22.9 Å². The van der Waals surface area contributed by atoms with Crippen LogP contribution in [0.2, 0.25) is 0 Å². The van der Waals surface area contributed by atoms with E-state index in [-0.39, 0.29) is 11.3 Å². The summed E-state index contributed by atoms with van der Waals surface area (Å²) >= 11 is 0. The highest BCUT2D eigenvalue weighted by Gasteiger charge is 2.18. The van der Waals surface area contributed by atoms with Crippen LogP contribution in [0.3, 0.4) is 0 Å². The van der Waals surface area contributed by atoms with E-state index in [0.29, 0.717) is 17.1 Å². The maximum atomic E-state index is 10.9. The molecule has 2 aromatic rings. The number of pyridine rings is 1. The van der Waals surface area contributed by atoms with Gasteiger partial charge >= 0.3 is 5.97 Å². The van der Waals surface area contributed by atoms with Gasteiger partial charge in [-0.1, -0.05) is 5.16 Å². The molecule has 0 aromatic carbocycles. The quantitative estimate of drug-likeness (QED) is 0.870. The van der Waals surface area contributed by atoms with Crippen LogP contribution in [0.25, 0.3) is 11.3 Å². The van der Waals surface area contributed by atoms with Gasteiger partial charge in [0.2, 0.25) is 5.88 Å². The van der Waals surface area contributed by atoms with Crippen LogP contribution >= 0.6 is 0 Å². The molecule has 88 valence electrons. The SMILES string of the molecule is COc1cc(-c2oncc2C(=O)O)cc(C)n1. The summed E-state index contributed by atoms with van der Waals surface area (Å²) in [6.07, 6.45) is 1.17. The summed E-state index contributed by atoms with van der Waals surface area (Å²) in [5.74, 6) is -0.497. The van der Waals surface area contributed by atoms with Crippen molar-refractivity contribution in [1.82, 2.24) is 10.1 Å². The van der Waals surface area contributed by atoms with E-state index in [9.17, 15) is 4.79 Å². The number of rotatable bonds is 3. The van der Waals surface area contributed by atoms with Crippen molar-refractivity contribution in [3.05, 3.63) is 29.6 Å². The van der Waals surface area contributed by atoms with Crippen LogP contribution < -0.4 is 4.74 Å². The smallest absolute Gasteiger partial charge is 0.341 e. The molecule has 0 bridgehead atoms. The van der Waals surface area contributed by atoms with E-state index < -0.39 is 5.97 Å². The second kappa shape index (κ2) is 4.25. The number of aromatic nitrogens is 2. The molecule has 1 N–H and O–H groups in total. The molecule has 0 atom stereocenters. The molecule has 0 fully saturated rings. The highest BCUT2D eigenvalue weighted by molar-refractivity contribution is 5.93. The maximum absolute atomic E-state index is 10.9. The first-order chi connectivity index (χ1) is 8.11. The van der Waals surface area contributed by atoms with Crippen molar-refractivity contribution in [1.29, 1.82) is 0 Å². The third kappa shape index (κ3) is 2.10. The molecule has 2 heterocycles. The Labute approximate surface area is 96.8 Å². The first kappa shape index (κ1) is 11.1. The lowest BCUT2D eigenvalue weighted by atomic mass is 10.1. The number of hydrogen-bond acceptors (Lipinski definition) is 5. The standard InChI is InChI=1S/C11H10N2O4/c1-6-3-7(4-9(13-6)16-2)10-8(11(14)15)5-12-17-10/h3-5H,1-2H3,(H,14,15). The van der Waals surface area contributed by atoms with Crippen molar-refractivity contribution >= 4 is 5.97 Å². The van der Waals surface area contributed by atoms with Crippen LogP contribution in [-0.4, -0.2) is 28.3 Å². The zero-order chi connectivity index (χ0) is 12.4. The van der Waals surface area contributed by atoms with Gasteiger partial charge in [-0.25, -0.2) is 9.78 Å². The van der Waals surface area contributed by atoms with Gasteiger partial charge in [0.05, 0.1) is 13.3 Å². The number of hydrogen-bond donors (Lipinski definition) is 1. The Bertz CT molecular complexity index is 562. The summed E-state index contributed by atoms with van der Waals surface area (Å²) in [6, 6.07) is 3.30. The van der Waals surface area contributed by atoms with Crippen LogP contribution in [0.4, 0.5) is 0 Å². The van der Waals surface area contributed by atoms with Crippen LogP contribution in [0, 0.1) is 6.92 Å². The highest BCUT2D eigenvalue weighted by Crippen LogP contribution is 2.26. The van der Waals surface area contributed by atoms with E-state index in [4.69, 9.17) is 14.4 Å². The topological polar surface area (TPSA) is 85.5 Å². The Kier molecular flexibility index (Phi) is 2.78. The molecule has 0 spiro atoms. The van der Waals surface area contributed by atoms with Crippen LogP contribution in [-0.2, 0) is 0 Å². The molecule has 6 nitrogen and oxygen atoms in total. The predicted octanol–water partition coefficient (Wildman–Crippen LogP) is 1.75. The average molecular weight is 234 g/mol. The molecule has 0 aliphatic rings. The molecule has 6 heteroatoms. The van der Waals surface area contributed by atoms with E-state index in [2.05, 4.69) is 10.1 Å². The van der Waals surface area contributed by atoms with Gasteiger partial charge in [-0.2, -0.15) is 0 Å². The average Bonchev–Trinajstić information content (AvgIpc) is 2.77. The van der Waals surface area contributed by atoms with Gasteiger partial charge in [-0.3, -0.25) is 0 Å². The predicted molar refractivity (Wildman–Crippen MR) is 58.0 cm³/mol. The van der Waals surface area contributed by atoms with Gasteiger partial charge in [0.1, 0.15) is 5.56 Å². The largest absolute Gasteiger partial charge is 0.481 e. The van der Waals surface area contributed by atoms with Crippen molar-refractivity contribution in [2.75, 3.05) is 7.11 Å². The minimum Gasteiger partial charge on any atom is -0.481 e. The van der Waals surface area contributed by atoms with E-state index in [1.165, 1.54) is 13.3 Å². The fraction of sp³-hybridized carbons (Fsp3) is 0.182. The molecular formula is C11H10N2O4. The van der Waals surface area contributed by atoms with Gasteiger partial charge in [-0.15, -0.1) is 0 Å². The van der Waals surface area contributed by atoms with E-state index in [1.54, 1.807) is 19.1 Å². The number of carboxylic acids is 1. The number of carbonyl (C=O) groups is 1. The Morgan fingerprint density at radius 3 is 2.88 bits per heavy atom. The molecule has 17 heavy (non-hydrogen) atoms. The van der Waals surface area contributed by atoms with Crippen molar-refractivity contribution in [3.8, 4) is 17.2 Å². The number of carboxylic acid groups (broad SMARTS) is 1. The van der Waals surface area contributed by atoms with Gasteiger partial charge in [-0.05, 0) is 13.0 Å². The number of aryl methyl sites for hydroxylation is 1. The summed E-state index contributed by atoms with van der Waals surface area (Å²) in [5.41, 5.74) is 1.29. The monoisotopic (exact) mass is 234 g/mol. The van der Waals surface area contributed by atoms with E-state index in [0.717, 1.165) is 0 Å². The van der Waals surface area contributed by atoms with Crippen LogP contribution in [0.1, 0.15) is 16.1 Å². The molecule has 0 aliphatic heterocycles. The maximum Gasteiger partial charge on any atom is 0.341 e. The first-order valence-electron chi connectivity index (χ1n) is 4.83. The second-order valence-corrected chi connectivity index (χ2v) is 3.41. The molecule has 2 aromatic heterocycles. The number of aromatic carboxylic acids is 1. The minimum absolute atomic E-state index is 0.0117. The van der Waals surface area contributed by atoms with Gasteiger partial charge in [0.25, 0.3) is 0 Å². The zero-order valence-corrected chi connectivity index (χ0v) is 9.30. The van der Waals surface area contributed by atoms with Crippen molar-refractivity contribution in [2.24, 2.45) is 0 Å². The summed E-state index contributed by atoms with van der Waals surface area (Å²) < 4.78 is 9.97. The molecule has 0 unspecified atom stereocenters. The third-order valence-electron chi connectivity index (χ3n) is 2.20. The fourth-order valence-electron chi connectivity index (χ4n) is 1.47. The van der Waals surface area contributed by atoms with E-state index >= 15 is 0 Å². The van der Waals surface area contributed by atoms with Crippen molar-refractivity contribution in [2.45, 2.75) is 6.92 Å². The van der Waals surface area contributed by atoms with Gasteiger partial charge < -0.3 is 14.4 Å². The molecule has 0 radical (unpaired) electrons. The lowest BCUT2D eigenvalue weighted by Gasteiger charge is -2.03. The minimum atomic E-state index is -1.09. The molecule has 0 saturated carbocycles. The Hall–Kier alpha value is -2.37. The van der Waals surface area contributed by atoms with Crippen LogP contribution in [0.5, 0.6) is 5.88 Å². The first-order valence-corrected chi connectivity index (χ1v) is 4.83. The van der Waals surface area contributed by atoms with Crippen molar-refractivity contribution < 1.29 is 19.2 Å². The molecule has 0 saturated heterocycles. The molecule has 0 amide bonds. The fourth-order valence-corrected chi connectivity index (χ4v) is 1.47. The molecular weight excluding hydrogens is 224 g/mol. The summed E-state index contributed by atoms with van der Waals surface area (Å²) in [6.45, 7) is 1.78. The normalized spacial score (nSPS) is 10.2. The molecule has 2 rings (SSSR count). The molecule has 0 aliphatic carbocycles. The summed E-state index contributed by atoms with van der Waals surface area (Å²) in [5, 5.41) is 12.5. The van der Waals surface area contributed by atoms with E-state index in [1.807, 2.05) is 0 Å². The number of methoxy groups -OCH3 is 1. The highest BCUT2D eigenvalue weighted by atomic mass is 16.5. The lowest BCUT2D eigenvalue weighted by molar-refractivity contribution is 0.0697. The Morgan fingerprint density at radius 1 is 1.47 bits per heavy atom. The van der Waals surface area contributed by atoms with Gasteiger partial charge in [0, 0.05) is 17.3 Å². The Balaban J connectivity index is 2.56. The second-order valence-electron chi connectivity index (χ2n) is 3.41. The number of nitrogens with zero attached hydrogens (tertiary/aromatic N) is 2.